The zero-order valence-electron chi connectivity index (χ0n) is 13.3. The van der Waals surface area contributed by atoms with E-state index in [4.69, 9.17) is 9.47 Å². The van der Waals surface area contributed by atoms with Crippen molar-refractivity contribution in [1.29, 1.82) is 0 Å². The van der Waals surface area contributed by atoms with Crippen molar-refractivity contribution in [3.05, 3.63) is 48.6 Å². The number of esters is 1. The summed E-state index contributed by atoms with van der Waals surface area (Å²) in [5, 5.41) is 12.1. The van der Waals surface area contributed by atoms with E-state index < -0.39 is 24.2 Å². The van der Waals surface area contributed by atoms with Gasteiger partial charge in [-0.2, -0.15) is 0 Å². The van der Waals surface area contributed by atoms with Gasteiger partial charge in [-0.1, -0.05) is 65.6 Å². The van der Waals surface area contributed by atoms with E-state index in [9.17, 15) is 14.7 Å². The predicted molar refractivity (Wildman–Crippen MR) is 98.8 cm³/mol. The molecule has 1 amide bonds. The number of carbonyl (C=O) groups excluding carboxylic acids is 2. The van der Waals surface area contributed by atoms with Crippen molar-refractivity contribution < 1.29 is 24.2 Å². The number of benzene rings is 1. The summed E-state index contributed by atoms with van der Waals surface area (Å²) in [4.78, 5) is 23.9. The second-order valence-electron chi connectivity index (χ2n) is 5.06. The van der Waals surface area contributed by atoms with E-state index in [1.807, 2.05) is 30.3 Å². The second-order valence-corrected chi connectivity index (χ2v) is 5.94. The first-order valence-corrected chi connectivity index (χ1v) is 9.08. The van der Waals surface area contributed by atoms with Gasteiger partial charge in [0, 0.05) is 4.43 Å². The van der Waals surface area contributed by atoms with Crippen LogP contribution in [0.4, 0.5) is 4.79 Å². The molecule has 0 aliphatic rings. The molecule has 0 aromatic heterocycles. The number of halogens is 1. The average molecular weight is 447 g/mol. The molecule has 2 N–H and O–H groups in total. The number of nitrogens with one attached hydrogen (secondary N) is 1. The fourth-order valence-corrected chi connectivity index (χ4v) is 2.27. The molecule has 0 fully saturated rings. The number of hydrogen-bond donors (Lipinski definition) is 2. The average Bonchev–Trinajstić information content (AvgIpc) is 2.61. The van der Waals surface area contributed by atoms with Crippen molar-refractivity contribution in [2.24, 2.45) is 0 Å². The number of hydrogen-bond acceptors (Lipinski definition) is 5. The monoisotopic (exact) mass is 447 g/mol. The van der Waals surface area contributed by atoms with Crippen molar-refractivity contribution >= 4 is 34.7 Å². The minimum atomic E-state index is -0.870. The van der Waals surface area contributed by atoms with Crippen LogP contribution < -0.4 is 5.32 Å². The molecule has 0 bridgehead atoms. The molecule has 1 aromatic rings. The molecule has 1 aromatic carbocycles. The first-order valence-electron chi connectivity index (χ1n) is 7.55. The highest BCUT2D eigenvalue weighted by atomic mass is 127. The number of alkyl halides is 1. The standard InChI is InChI=1S/C17H22INO5/c1-2-10-23-16(21)15(9-8-14(20)11-18)19-17(22)24-12-13-6-4-3-5-7-13/h2-7,14-15,20H,1,8-12H2,(H,19,22)/t14-,15+/m1/s1. The van der Waals surface area contributed by atoms with Crippen LogP contribution in [0.1, 0.15) is 18.4 Å². The number of aliphatic hydroxyl groups excluding tert-OH is 1. The lowest BCUT2D eigenvalue weighted by atomic mass is 10.1. The number of aliphatic hydroxyl groups is 1. The highest BCUT2D eigenvalue weighted by molar-refractivity contribution is 14.1. The summed E-state index contributed by atoms with van der Waals surface area (Å²) in [7, 11) is 0. The number of carbonyl (C=O) groups is 2. The van der Waals surface area contributed by atoms with E-state index in [0.717, 1.165) is 5.56 Å². The molecule has 0 radical (unpaired) electrons. The van der Waals surface area contributed by atoms with Crippen LogP contribution in [-0.2, 0) is 20.9 Å². The predicted octanol–water partition coefficient (Wildman–Crippen LogP) is 2.59. The zero-order chi connectivity index (χ0) is 17.8. The third-order valence-corrected chi connectivity index (χ3v) is 4.12. The molecule has 0 spiro atoms. The van der Waals surface area contributed by atoms with E-state index in [2.05, 4.69) is 34.5 Å². The van der Waals surface area contributed by atoms with Gasteiger partial charge in [-0.05, 0) is 18.4 Å². The lowest BCUT2D eigenvalue weighted by molar-refractivity contribution is -0.145. The van der Waals surface area contributed by atoms with Gasteiger partial charge in [0.2, 0.25) is 0 Å². The summed E-state index contributed by atoms with van der Waals surface area (Å²) in [6.07, 6.45) is 0.837. The van der Waals surface area contributed by atoms with E-state index in [0.29, 0.717) is 10.8 Å². The Kier molecular flexibility index (Phi) is 10.1. The van der Waals surface area contributed by atoms with Gasteiger partial charge in [-0.15, -0.1) is 0 Å². The number of amides is 1. The minimum absolute atomic E-state index is 0.0604. The molecule has 0 aliphatic carbocycles. The van der Waals surface area contributed by atoms with Gasteiger partial charge in [0.15, 0.2) is 0 Å². The van der Waals surface area contributed by atoms with Crippen LogP contribution in [0.3, 0.4) is 0 Å². The Hall–Kier alpha value is -1.61. The first-order chi connectivity index (χ1) is 11.6. The summed E-state index contributed by atoms with van der Waals surface area (Å²) in [5.74, 6) is -0.577. The van der Waals surface area contributed by atoms with Gasteiger partial charge in [0.05, 0.1) is 6.10 Å². The Balaban J connectivity index is 2.53. The summed E-state index contributed by atoms with van der Waals surface area (Å²) < 4.78 is 10.6. The van der Waals surface area contributed by atoms with Crippen LogP contribution in [0.5, 0.6) is 0 Å². The van der Waals surface area contributed by atoms with Crippen molar-refractivity contribution in [1.82, 2.24) is 5.32 Å². The highest BCUT2D eigenvalue weighted by Crippen LogP contribution is 2.07. The number of alkyl carbamates (subject to hydrolysis) is 1. The van der Waals surface area contributed by atoms with E-state index >= 15 is 0 Å². The van der Waals surface area contributed by atoms with Crippen LogP contribution in [0.15, 0.2) is 43.0 Å². The molecule has 0 saturated heterocycles. The lowest BCUT2D eigenvalue weighted by Gasteiger charge is -2.18. The molecule has 2 atom stereocenters. The van der Waals surface area contributed by atoms with E-state index in [-0.39, 0.29) is 19.6 Å². The van der Waals surface area contributed by atoms with Crippen molar-refractivity contribution in [3.8, 4) is 0 Å². The van der Waals surface area contributed by atoms with Crippen LogP contribution in [0, 0.1) is 0 Å². The lowest BCUT2D eigenvalue weighted by Crippen LogP contribution is -2.42. The highest BCUT2D eigenvalue weighted by Gasteiger charge is 2.23. The largest absolute Gasteiger partial charge is 0.460 e. The van der Waals surface area contributed by atoms with Crippen LogP contribution >= 0.6 is 22.6 Å². The zero-order valence-corrected chi connectivity index (χ0v) is 15.5. The molecular formula is C17H22INO5. The third kappa shape index (κ3) is 8.30. The third-order valence-electron chi connectivity index (χ3n) is 3.10. The molecule has 0 saturated carbocycles. The van der Waals surface area contributed by atoms with Gasteiger partial charge >= 0.3 is 12.1 Å². The van der Waals surface area contributed by atoms with Gasteiger partial charge < -0.3 is 19.9 Å². The minimum Gasteiger partial charge on any atom is -0.460 e. The molecule has 24 heavy (non-hydrogen) atoms. The van der Waals surface area contributed by atoms with E-state index in [1.165, 1.54) is 6.08 Å². The fourth-order valence-electron chi connectivity index (χ4n) is 1.83. The molecule has 1 rings (SSSR count). The summed E-state index contributed by atoms with van der Waals surface area (Å²) in [6, 6.07) is 8.35. The molecule has 6 nitrogen and oxygen atoms in total. The maximum atomic E-state index is 12.0. The topological polar surface area (TPSA) is 84.9 Å². The maximum Gasteiger partial charge on any atom is 0.408 e. The van der Waals surface area contributed by atoms with Crippen molar-refractivity contribution in [2.45, 2.75) is 31.6 Å². The fraction of sp³-hybridized carbons (Fsp3) is 0.412. The first kappa shape index (κ1) is 20.4. The number of rotatable bonds is 10. The van der Waals surface area contributed by atoms with Crippen molar-refractivity contribution in [2.75, 3.05) is 11.0 Å². The molecule has 0 unspecified atom stereocenters. The smallest absolute Gasteiger partial charge is 0.408 e. The molecule has 0 heterocycles. The SMILES string of the molecule is C=CCOC(=O)[C@H](CC[C@@H](O)CI)NC(=O)OCc1ccccc1. The molecule has 0 aliphatic heterocycles. The number of ether oxygens (including phenoxy) is 2. The Morgan fingerprint density at radius 3 is 2.58 bits per heavy atom. The molecular weight excluding hydrogens is 425 g/mol. The second kappa shape index (κ2) is 11.9. The molecule has 132 valence electrons. The quantitative estimate of drug-likeness (QED) is 0.249. The van der Waals surface area contributed by atoms with Gasteiger partial charge in [-0.25, -0.2) is 9.59 Å². The Bertz CT molecular complexity index is 523. The normalized spacial score (nSPS) is 12.8. The van der Waals surface area contributed by atoms with Gasteiger partial charge in [0.25, 0.3) is 0 Å². The Morgan fingerprint density at radius 1 is 1.25 bits per heavy atom. The van der Waals surface area contributed by atoms with Crippen LogP contribution in [-0.4, -0.2) is 40.3 Å². The van der Waals surface area contributed by atoms with Crippen LogP contribution in [0.2, 0.25) is 0 Å². The van der Waals surface area contributed by atoms with Gasteiger partial charge in [0.1, 0.15) is 19.3 Å². The van der Waals surface area contributed by atoms with E-state index in [1.54, 1.807) is 0 Å². The molecule has 7 heteroatoms. The summed E-state index contributed by atoms with van der Waals surface area (Å²) in [6.45, 7) is 3.64. The summed E-state index contributed by atoms with van der Waals surface area (Å²) >= 11 is 2.05. The van der Waals surface area contributed by atoms with Gasteiger partial charge in [-0.3, -0.25) is 0 Å². The Labute approximate surface area is 155 Å². The van der Waals surface area contributed by atoms with Crippen LogP contribution in [0.25, 0.3) is 0 Å². The Morgan fingerprint density at radius 2 is 1.96 bits per heavy atom. The summed E-state index contributed by atoms with van der Waals surface area (Å²) in [5.41, 5.74) is 0.846. The maximum absolute atomic E-state index is 12.0. The van der Waals surface area contributed by atoms with Crippen molar-refractivity contribution in [3.63, 3.8) is 0 Å².